The van der Waals surface area contributed by atoms with Crippen LogP contribution in [0.5, 0.6) is 0 Å². The van der Waals surface area contributed by atoms with Crippen LogP contribution in [-0.4, -0.2) is 26.5 Å². The first-order chi connectivity index (χ1) is 13.9. The highest BCUT2D eigenvalue weighted by Crippen LogP contribution is 2.21. The van der Waals surface area contributed by atoms with Crippen molar-refractivity contribution in [2.75, 3.05) is 5.32 Å². The van der Waals surface area contributed by atoms with Gasteiger partial charge in [0.05, 0.1) is 23.1 Å². The quantitative estimate of drug-likeness (QED) is 0.538. The lowest BCUT2D eigenvalue weighted by Crippen LogP contribution is -2.17. The molecule has 144 valence electrons. The smallest absolute Gasteiger partial charge is 0.256 e. The van der Waals surface area contributed by atoms with E-state index in [9.17, 15) is 9.59 Å². The van der Waals surface area contributed by atoms with Gasteiger partial charge in [0, 0.05) is 23.6 Å². The molecule has 4 aromatic rings. The number of aromatic nitrogens is 3. The third-order valence-corrected chi connectivity index (χ3v) is 4.85. The fourth-order valence-electron chi connectivity index (χ4n) is 3.31. The molecule has 0 spiro atoms. The Balaban J connectivity index is 1.65. The molecule has 2 heterocycles. The fourth-order valence-corrected chi connectivity index (χ4v) is 3.31. The summed E-state index contributed by atoms with van der Waals surface area (Å²) >= 11 is 0. The Morgan fingerprint density at radius 2 is 1.66 bits per heavy atom. The van der Waals surface area contributed by atoms with Crippen molar-refractivity contribution in [3.8, 4) is 0 Å². The Kier molecular flexibility index (Phi) is 4.68. The van der Waals surface area contributed by atoms with Crippen LogP contribution in [-0.2, 0) is 7.05 Å². The number of hydrogen-bond acceptors (Lipinski definition) is 4. The number of carbonyl (C=O) groups excluding carboxylic acids is 2. The van der Waals surface area contributed by atoms with Gasteiger partial charge in [0.2, 0.25) is 0 Å². The van der Waals surface area contributed by atoms with Gasteiger partial charge in [-0.25, -0.2) is 4.98 Å². The molecule has 0 atom stereocenters. The minimum absolute atomic E-state index is 0.188. The average molecular weight is 384 g/mol. The summed E-state index contributed by atoms with van der Waals surface area (Å²) in [4.78, 5) is 30.3. The van der Waals surface area contributed by atoms with Gasteiger partial charge in [-0.2, -0.15) is 5.10 Å². The van der Waals surface area contributed by atoms with E-state index in [0.29, 0.717) is 22.4 Å². The van der Waals surface area contributed by atoms with E-state index in [2.05, 4.69) is 15.4 Å². The molecule has 0 saturated carbocycles. The highest BCUT2D eigenvalue weighted by atomic mass is 16.2. The van der Waals surface area contributed by atoms with E-state index in [0.717, 1.165) is 22.3 Å². The van der Waals surface area contributed by atoms with Crippen LogP contribution in [0.1, 0.15) is 37.5 Å². The lowest BCUT2D eigenvalue weighted by molar-refractivity contribution is 0.0996. The molecule has 0 radical (unpaired) electrons. The van der Waals surface area contributed by atoms with Gasteiger partial charge >= 0.3 is 0 Å². The topological polar surface area (TPSA) is 76.9 Å². The highest BCUT2D eigenvalue weighted by molar-refractivity contribution is 6.17. The van der Waals surface area contributed by atoms with Crippen LogP contribution in [0.3, 0.4) is 0 Å². The molecule has 29 heavy (non-hydrogen) atoms. The van der Waals surface area contributed by atoms with Crippen LogP contribution < -0.4 is 5.32 Å². The monoisotopic (exact) mass is 384 g/mol. The first-order valence-corrected chi connectivity index (χ1v) is 9.25. The number of benzene rings is 2. The van der Waals surface area contributed by atoms with Crippen molar-refractivity contribution in [2.24, 2.45) is 7.05 Å². The second kappa shape index (κ2) is 7.31. The Labute approximate surface area is 168 Å². The van der Waals surface area contributed by atoms with Crippen molar-refractivity contribution >= 4 is 28.4 Å². The number of amides is 1. The summed E-state index contributed by atoms with van der Waals surface area (Å²) in [5.41, 5.74) is 4.43. The van der Waals surface area contributed by atoms with Gasteiger partial charge in [0.1, 0.15) is 0 Å². The third kappa shape index (κ3) is 3.52. The lowest BCUT2D eigenvalue weighted by Gasteiger charge is -2.10. The summed E-state index contributed by atoms with van der Waals surface area (Å²) < 4.78 is 1.70. The first-order valence-electron chi connectivity index (χ1n) is 9.25. The Morgan fingerprint density at radius 1 is 0.966 bits per heavy atom. The molecular weight excluding hydrogens is 364 g/mol. The third-order valence-electron chi connectivity index (χ3n) is 4.85. The number of ketones is 1. The van der Waals surface area contributed by atoms with E-state index < -0.39 is 0 Å². The molecule has 0 saturated heterocycles. The number of pyridine rings is 1. The van der Waals surface area contributed by atoms with E-state index in [4.69, 9.17) is 0 Å². The fraction of sp³-hybridized carbons (Fsp3) is 0.130. The predicted molar refractivity (Wildman–Crippen MR) is 112 cm³/mol. The molecule has 0 aliphatic heterocycles. The van der Waals surface area contributed by atoms with Gasteiger partial charge in [-0.05, 0) is 26.0 Å². The summed E-state index contributed by atoms with van der Waals surface area (Å²) in [7, 11) is 1.83. The molecule has 0 fully saturated rings. The standard InChI is InChI=1S/C23H20N4O2/c1-14-8-10-16(11-9-14)21(28)18-6-4-5-7-19(18)23(29)25-17-12-20-15(2)26-27(3)22(20)24-13-17/h4-13H,1-3H3,(H,25,29). The van der Waals surface area contributed by atoms with Crippen molar-refractivity contribution in [1.82, 2.24) is 14.8 Å². The van der Waals surface area contributed by atoms with Crippen molar-refractivity contribution < 1.29 is 9.59 Å². The molecule has 0 bridgehead atoms. The van der Waals surface area contributed by atoms with Gasteiger partial charge in [-0.1, -0.05) is 48.0 Å². The van der Waals surface area contributed by atoms with Crippen LogP contribution in [0.4, 0.5) is 5.69 Å². The maximum atomic E-state index is 13.0. The molecule has 1 N–H and O–H groups in total. The van der Waals surface area contributed by atoms with Crippen molar-refractivity contribution in [3.05, 3.63) is 88.7 Å². The van der Waals surface area contributed by atoms with E-state index in [1.165, 1.54) is 0 Å². The lowest BCUT2D eigenvalue weighted by atomic mass is 9.97. The summed E-state index contributed by atoms with van der Waals surface area (Å²) in [5.74, 6) is -0.545. The number of nitrogens with zero attached hydrogens (tertiary/aromatic N) is 3. The Bertz CT molecular complexity index is 1240. The van der Waals surface area contributed by atoms with Gasteiger partial charge in [-0.3, -0.25) is 14.3 Å². The molecule has 1 amide bonds. The SMILES string of the molecule is Cc1ccc(C(=O)c2ccccc2C(=O)Nc2cnc3c(c2)c(C)nn3C)cc1. The zero-order valence-electron chi connectivity index (χ0n) is 16.4. The molecule has 0 aliphatic rings. The molecule has 2 aromatic heterocycles. The summed E-state index contributed by atoms with van der Waals surface area (Å²) in [5, 5.41) is 8.06. The van der Waals surface area contributed by atoms with E-state index in [1.807, 2.05) is 39.1 Å². The van der Waals surface area contributed by atoms with Gasteiger partial charge in [0.25, 0.3) is 5.91 Å². The Hall–Kier alpha value is -3.80. The number of nitrogens with one attached hydrogen (secondary N) is 1. The molecule has 0 aliphatic carbocycles. The maximum absolute atomic E-state index is 13.0. The maximum Gasteiger partial charge on any atom is 0.256 e. The molecule has 2 aromatic carbocycles. The van der Waals surface area contributed by atoms with Crippen LogP contribution in [0.25, 0.3) is 11.0 Å². The highest BCUT2D eigenvalue weighted by Gasteiger charge is 2.18. The minimum Gasteiger partial charge on any atom is -0.321 e. The number of carbonyl (C=O) groups is 2. The average Bonchev–Trinajstić information content (AvgIpc) is 3.01. The van der Waals surface area contributed by atoms with E-state index >= 15 is 0 Å². The summed E-state index contributed by atoms with van der Waals surface area (Å²) in [6.07, 6.45) is 1.59. The largest absolute Gasteiger partial charge is 0.321 e. The molecule has 0 unspecified atom stereocenters. The van der Waals surface area contributed by atoms with E-state index in [1.54, 1.807) is 47.3 Å². The normalized spacial score (nSPS) is 10.9. The molecule has 6 nitrogen and oxygen atoms in total. The summed E-state index contributed by atoms with van der Waals surface area (Å²) in [6.45, 7) is 3.86. The van der Waals surface area contributed by atoms with Crippen molar-refractivity contribution in [1.29, 1.82) is 0 Å². The van der Waals surface area contributed by atoms with Gasteiger partial charge in [0.15, 0.2) is 11.4 Å². The number of aryl methyl sites for hydroxylation is 3. The predicted octanol–water partition coefficient (Wildman–Crippen LogP) is 4.07. The van der Waals surface area contributed by atoms with Crippen LogP contribution in [0.2, 0.25) is 0 Å². The molecule has 6 heteroatoms. The van der Waals surface area contributed by atoms with Crippen LogP contribution in [0, 0.1) is 13.8 Å². The number of fused-ring (bicyclic) bond motifs is 1. The van der Waals surface area contributed by atoms with Crippen molar-refractivity contribution in [3.63, 3.8) is 0 Å². The van der Waals surface area contributed by atoms with Gasteiger partial charge in [-0.15, -0.1) is 0 Å². The number of rotatable bonds is 4. The number of anilines is 1. The van der Waals surface area contributed by atoms with E-state index in [-0.39, 0.29) is 11.7 Å². The van der Waals surface area contributed by atoms with Crippen molar-refractivity contribution in [2.45, 2.75) is 13.8 Å². The number of hydrogen-bond donors (Lipinski definition) is 1. The first kappa shape index (κ1) is 18.6. The summed E-state index contributed by atoms with van der Waals surface area (Å²) in [6, 6.07) is 16.0. The van der Waals surface area contributed by atoms with Gasteiger partial charge < -0.3 is 5.32 Å². The zero-order chi connectivity index (χ0) is 20.5. The Morgan fingerprint density at radius 3 is 2.38 bits per heavy atom. The minimum atomic E-state index is -0.358. The van der Waals surface area contributed by atoms with Crippen LogP contribution in [0.15, 0.2) is 60.8 Å². The van der Waals surface area contributed by atoms with Crippen LogP contribution >= 0.6 is 0 Å². The molecular formula is C23H20N4O2. The zero-order valence-corrected chi connectivity index (χ0v) is 16.4. The molecule has 4 rings (SSSR count). The second-order valence-electron chi connectivity index (χ2n) is 7.00. The second-order valence-corrected chi connectivity index (χ2v) is 7.00.